The number of hydrogen-bond acceptors (Lipinski definition) is 4. The summed E-state index contributed by atoms with van der Waals surface area (Å²) >= 11 is 4.74. The molecule has 0 bridgehead atoms. The van der Waals surface area contributed by atoms with Gasteiger partial charge in [0.2, 0.25) is 0 Å². The van der Waals surface area contributed by atoms with E-state index in [0.29, 0.717) is 5.13 Å². The van der Waals surface area contributed by atoms with Crippen molar-refractivity contribution in [1.29, 1.82) is 0 Å². The summed E-state index contributed by atoms with van der Waals surface area (Å²) in [6.45, 7) is 0. The molecule has 0 amide bonds. The highest BCUT2D eigenvalue weighted by Crippen LogP contribution is 2.21. The first-order chi connectivity index (χ1) is 6.25. The fourth-order valence-corrected chi connectivity index (χ4v) is 1.72. The molecule has 0 fully saturated rings. The topological polar surface area (TPSA) is 51.8 Å². The molecule has 66 valence electrons. The number of nitrogens with zero attached hydrogens (tertiary/aromatic N) is 2. The zero-order valence-corrected chi connectivity index (χ0v) is 8.97. The zero-order valence-electron chi connectivity index (χ0n) is 6.57. The monoisotopic (exact) mass is 255 g/mol. The highest BCUT2D eigenvalue weighted by atomic mass is 79.9. The minimum atomic E-state index is 0.569. The Labute approximate surface area is 87.8 Å². The Balaban J connectivity index is 2.41. The van der Waals surface area contributed by atoms with Crippen LogP contribution in [-0.4, -0.2) is 9.97 Å². The molecule has 0 radical (unpaired) electrons. The van der Waals surface area contributed by atoms with Crippen LogP contribution in [0.1, 0.15) is 0 Å². The van der Waals surface area contributed by atoms with Crippen molar-refractivity contribution in [3.63, 3.8) is 0 Å². The minimum Gasteiger partial charge on any atom is -0.375 e. The van der Waals surface area contributed by atoms with E-state index < -0.39 is 0 Å². The molecule has 0 aliphatic rings. The summed E-state index contributed by atoms with van der Waals surface area (Å²) in [5, 5.41) is 2.46. The molecule has 0 spiro atoms. The van der Waals surface area contributed by atoms with Crippen molar-refractivity contribution in [3.8, 4) is 11.4 Å². The summed E-state index contributed by atoms with van der Waals surface area (Å²) in [6.07, 6.45) is 1.74. The summed E-state index contributed by atoms with van der Waals surface area (Å²) < 4.78 is 0.958. The second-order valence-electron chi connectivity index (χ2n) is 2.43. The number of rotatable bonds is 1. The SMILES string of the molecule is Nc1nc(-c2ccc(Br)cn2)cs1. The van der Waals surface area contributed by atoms with Crippen molar-refractivity contribution < 1.29 is 0 Å². The molecule has 2 N–H and O–H groups in total. The Morgan fingerprint density at radius 2 is 2.15 bits per heavy atom. The molecule has 5 heteroatoms. The number of nitrogens with two attached hydrogens (primary N) is 1. The third-order valence-corrected chi connectivity index (χ3v) is 2.65. The molecule has 0 aliphatic carbocycles. The van der Waals surface area contributed by atoms with Gasteiger partial charge < -0.3 is 5.73 Å². The fraction of sp³-hybridized carbons (Fsp3) is 0. The van der Waals surface area contributed by atoms with Crippen LogP contribution in [0.15, 0.2) is 28.2 Å². The van der Waals surface area contributed by atoms with Gasteiger partial charge in [-0.1, -0.05) is 0 Å². The first-order valence-corrected chi connectivity index (χ1v) is 5.26. The quantitative estimate of drug-likeness (QED) is 0.853. The normalized spacial score (nSPS) is 10.2. The van der Waals surface area contributed by atoms with Crippen LogP contribution in [0, 0.1) is 0 Å². The highest BCUT2D eigenvalue weighted by molar-refractivity contribution is 9.10. The number of anilines is 1. The molecule has 13 heavy (non-hydrogen) atoms. The van der Waals surface area contributed by atoms with Crippen LogP contribution in [0.25, 0.3) is 11.4 Å². The maximum Gasteiger partial charge on any atom is 0.180 e. The lowest BCUT2D eigenvalue weighted by atomic mass is 10.3. The predicted octanol–water partition coefficient (Wildman–Crippen LogP) is 2.55. The van der Waals surface area contributed by atoms with Gasteiger partial charge in [0.1, 0.15) is 5.69 Å². The number of halogens is 1. The second-order valence-corrected chi connectivity index (χ2v) is 4.24. The third-order valence-electron chi connectivity index (χ3n) is 1.51. The molecule has 0 saturated heterocycles. The average Bonchev–Trinajstić information content (AvgIpc) is 2.53. The Morgan fingerprint density at radius 1 is 1.31 bits per heavy atom. The van der Waals surface area contributed by atoms with Gasteiger partial charge in [0.25, 0.3) is 0 Å². The largest absolute Gasteiger partial charge is 0.375 e. The molecular formula is C8H6BrN3S. The van der Waals surface area contributed by atoms with Gasteiger partial charge >= 0.3 is 0 Å². The summed E-state index contributed by atoms with van der Waals surface area (Å²) in [4.78, 5) is 8.33. The van der Waals surface area contributed by atoms with E-state index in [2.05, 4.69) is 25.9 Å². The van der Waals surface area contributed by atoms with Crippen LogP contribution in [0.4, 0.5) is 5.13 Å². The molecule has 2 aromatic heterocycles. The first kappa shape index (κ1) is 8.65. The third kappa shape index (κ3) is 1.87. The summed E-state index contributed by atoms with van der Waals surface area (Å²) in [5.41, 5.74) is 7.19. The Hall–Kier alpha value is -0.940. The van der Waals surface area contributed by atoms with Gasteiger partial charge in [-0.25, -0.2) is 4.98 Å². The van der Waals surface area contributed by atoms with Gasteiger partial charge in [0.05, 0.1) is 5.69 Å². The summed E-state index contributed by atoms with van der Waals surface area (Å²) in [6, 6.07) is 3.83. The number of nitrogen functional groups attached to an aromatic ring is 1. The molecule has 2 aromatic rings. The Morgan fingerprint density at radius 3 is 2.69 bits per heavy atom. The highest BCUT2D eigenvalue weighted by Gasteiger charge is 2.02. The first-order valence-electron chi connectivity index (χ1n) is 3.58. The molecule has 0 aliphatic heterocycles. The van der Waals surface area contributed by atoms with Crippen molar-refractivity contribution in [2.45, 2.75) is 0 Å². The molecule has 0 aromatic carbocycles. The average molecular weight is 256 g/mol. The molecule has 2 rings (SSSR count). The van der Waals surface area contributed by atoms with E-state index in [-0.39, 0.29) is 0 Å². The summed E-state index contributed by atoms with van der Waals surface area (Å²) in [5.74, 6) is 0. The second kappa shape index (κ2) is 3.43. The van der Waals surface area contributed by atoms with Gasteiger partial charge in [-0.15, -0.1) is 11.3 Å². The number of thiazole rings is 1. The summed E-state index contributed by atoms with van der Waals surface area (Å²) in [7, 11) is 0. The molecule has 0 saturated carbocycles. The maximum atomic E-state index is 5.52. The van der Waals surface area contributed by atoms with Crippen LogP contribution in [0.3, 0.4) is 0 Å². The van der Waals surface area contributed by atoms with Crippen molar-refractivity contribution in [1.82, 2.24) is 9.97 Å². The Bertz CT molecular complexity index is 410. The molecule has 0 unspecified atom stereocenters. The number of pyridine rings is 1. The van der Waals surface area contributed by atoms with E-state index in [0.717, 1.165) is 15.9 Å². The maximum absolute atomic E-state index is 5.52. The van der Waals surface area contributed by atoms with Crippen LogP contribution >= 0.6 is 27.3 Å². The lowest BCUT2D eigenvalue weighted by molar-refractivity contribution is 1.27. The standard InChI is InChI=1S/C8H6BrN3S/c9-5-1-2-6(11-3-5)7-4-13-8(10)12-7/h1-4H,(H2,10,12). The van der Waals surface area contributed by atoms with Gasteiger partial charge in [-0.2, -0.15) is 0 Å². The molecule has 0 atom stereocenters. The molecule has 2 heterocycles. The molecule has 3 nitrogen and oxygen atoms in total. The van der Waals surface area contributed by atoms with E-state index in [1.807, 2.05) is 17.5 Å². The number of aromatic nitrogens is 2. The van der Waals surface area contributed by atoms with Crippen LogP contribution in [0.2, 0.25) is 0 Å². The smallest absolute Gasteiger partial charge is 0.180 e. The Kier molecular flexibility index (Phi) is 2.28. The van der Waals surface area contributed by atoms with Crippen LogP contribution < -0.4 is 5.73 Å². The zero-order chi connectivity index (χ0) is 9.26. The van der Waals surface area contributed by atoms with Crippen molar-refractivity contribution in [2.75, 3.05) is 5.73 Å². The lowest BCUT2D eigenvalue weighted by Gasteiger charge is -1.94. The van der Waals surface area contributed by atoms with E-state index in [4.69, 9.17) is 5.73 Å². The van der Waals surface area contributed by atoms with Gasteiger partial charge in [-0.3, -0.25) is 4.98 Å². The van der Waals surface area contributed by atoms with Crippen LogP contribution in [-0.2, 0) is 0 Å². The van der Waals surface area contributed by atoms with E-state index in [9.17, 15) is 0 Å². The van der Waals surface area contributed by atoms with Gasteiger partial charge in [-0.05, 0) is 28.1 Å². The molecular weight excluding hydrogens is 250 g/mol. The van der Waals surface area contributed by atoms with Gasteiger partial charge in [0, 0.05) is 16.0 Å². The van der Waals surface area contributed by atoms with E-state index in [1.54, 1.807) is 6.20 Å². The van der Waals surface area contributed by atoms with Crippen LogP contribution in [0.5, 0.6) is 0 Å². The van der Waals surface area contributed by atoms with E-state index in [1.165, 1.54) is 11.3 Å². The minimum absolute atomic E-state index is 0.569. The van der Waals surface area contributed by atoms with Crippen molar-refractivity contribution in [2.24, 2.45) is 0 Å². The lowest BCUT2D eigenvalue weighted by Crippen LogP contribution is -1.85. The number of hydrogen-bond donors (Lipinski definition) is 1. The van der Waals surface area contributed by atoms with Crippen molar-refractivity contribution in [3.05, 3.63) is 28.2 Å². The van der Waals surface area contributed by atoms with Gasteiger partial charge in [0.15, 0.2) is 5.13 Å². The van der Waals surface area contributed by atoms with Crippen molar-refractivity contribution >= 4 is 32.4 Å². The predicted molar refractivity (Wildman–Crippen MR) is 57.5 cm³/mol. The fourth-order valence-electron chi connectivity index (χ4n) is 0.933. The van der Waals surface area contributed by atoms with E-state index >= 15 is 0 Å².